The summed E-state index contributed by atoms with van der Waals surface area (Å²) in [6.07, 6.45) is 0. The van der Waals surface area contributed by atoms with Crippen molar-refractivity contribution in [2.24, 2.45) is 0 Å². The van der Waals surface area contributed by atoms with Crippen LogP contribution in [0.1, 0.15) is 18.1 Å². The third-order valence-electron chi connectivity index (χ3n) is 3.60. The van der Waals surface area contributed by atoms with E-state index in [9.17, 15) is 8.42 Å². The number of hydrogen-bond donors (Lipinski definition) is 0. The Morgan fingerprint density at radius 3 is 2.35 bits per heavy atom. The molecule has 23 heavy (non-hydrogen) atoms. The molecule has 0 fully saturated rings. The summed E-state index contributed by atoms with van der Waals surface area (Å²) in [6.45, 7) is 6.12. The first-order chi connectivity index (χ1) is 10.9. The van der Waals surface area contributed by atoms with E-state index in [4.69, 9.17) is 4.74 Å². The Hall–Kier alpha value is -2.34. The molecule has 6 heteroatoms. The molecular weight excluding hydrogens is 312 g/mol. The summed E-state index contributed by atoms with van der Waals surface area (Å²) >= 11 is 0. The molecule has 0 radical (unpaired) electrons. The predicted molar refractivity (Wildman–Crippen MR) is 89.4 cm³/mol. The summed E-state index contributed by atoms with van der Waals surface area (Å²) in [7, 11) is -3.77. The first kappa shape index (κ1) is 15.6. The summed E-state index contributed by atoms with van der Waals surface area (Å²) < 4.78 is 32.4. The zero-order valence-electron chi connectivity index (χ0n) is 13.3. The van der Waals surface area contributed by atoms with E-state index < -0.39 is 10.0 Å². The second-order valence-electron chi connectivity index (χ2n) is 5.42. The second-order valence-corrected chi connectivity index (χ2v) is 7.19. The third kappa shape index (κ3) is 2.70. The Labute approximate surface area is 135 Å². The molecule has 0 N–H and O–H groups in total. The maximum atomic E-state index is 12.9. The largest absolute Gasteiger partial charge is 0.476 e. The lowest BCUT2D eigenvalue weighted by Gasteiger charge is -2.06. The monoisotopic (exact) mass is 330 g/mol. The summed E-state index contributed by atoms with van der Waals surface area (Å²) in [4.78, 5) is 0.205. The molecule has 2 aromatic carbocycles. The van der Waals surface area contributed by atoms with Gasteiger partial charge in [-0.3, -0.25) is 0 Å². The minimum atomic E-state index is -3.77. The van der Waals surface area contributed by atoms with Crippen molar-refractivity contribution in [3.63, 3.8) is 0 Å². The Bertz CT molecular complexity index is 957. The van der Waals surface area contributed by atoms with Crippen molar-refractivity contribution < 1.29 is 13.2 Å². The number of ether oxygens (including phenoxy) is 1. The Balaban J connectivity index is 2.25. The fourth-order valence-corrected chi connectivity index (χ4v) is 3.69. The van der Waals surface area contributed by atoms with Gasteiger partial charge in [0.2, 0.25) is 5.88 Å². The first-order valence-electron chi connectivity index (χ1n) is 7.38. The normalized spacial score (nSPS) is 11.8. The Morgan fingerprint density at radius 2 is 1.70 bits per heavy atom. The number of benzene rings is 2. The van der Waals surface area contributed by atoms with Crippen LogP contribution in [0.2, 0.25) is 0 Å². The fourth-order valence-electron chi connectivity index (χ4n) is 2.41. The smallest absolute Gasteiger partial charge is 0.283 e. The highest BCUT2D eigenvalue weighted by molar-refractivity contribution is 7.90. The van der Waals surface area contributed by atoms with E-state index in [2.05, 4.69) is 5.10 Å². The molecule has 1 aromatic heterocycles. The van der Waals surface area contributed by atoms with Gasteiger partial charge < -0.3 is 4.74 Å². The molecular formula is C17H18N2O3S. The summed E-state index contributed by atoms with van der Waals surface area (Å²) in [6, 6.07) is 12.2. The van der Waals surface area contributed by atoms with Crippen molar-refractivity contribution in [2.75, 3.05) is 6.61 Å². The fraction of sp³-hybridized carbons (Fsp3) is 0.235. The standard InChI is InChI=1S/C17H18N2O3S/c1-4-22-17-15-11-13(3)7-10-16(15)19(18-17)23(20,21)14-8-5-12(2)6-9-14/h5-11H,4H2,1-3H3. The van der Waals surface area contributed by atoms with E-state index in [-0.39, 0.29) is 4.90 Å². The van der Waals surface area contributed by atoms with Gasteiger partial charge in [0, 0.05) is 0 Å². The van der Waals surface area contributed by atoms with Gasteiger partial charge in [0.05, 0.1) is 22.4 Å². The predicted octanol–water partition coefficient (Wildman–Crippen LogP) is 3.29. The molecule has 0 saturated heterocycles. The van der Waals surface area contributed by atoms with Crippen LogP contribution in [0.4, 0.5) is 0 Å². The Kier molecular flexibility index (Phi) is 3.85. The summed E-state index contributed by atoms with van der Waals surface area (Å²) in [5, 5.41) is 4.89. The number of aromatic nitrogens is 2. The SMILES string of the molecule is CCOc1nn(S(=O)(=O)c2ccc(C)cc2)c2ccc(C)cc12. The van der Waals surface area contributed by atoms with Gasteiger partial charge in [0.1, 0.15) is 0 Å². The molecule has 0 atom stereocenters. The molecule has 3 rings (SSSR count). The van der Waals surface area contributed by atoms with Gasteiger partial charge in [0.15, 0.2) is 0 Å². The number of hydrogen-bond acceptors (Lipinski definition) is 4. The van der Waals surface area contributed by atoms with Crippen molar-refractivity contribution in [1.82, 2.24) is 9.19 Å². The highest BCUT2D eigenvalue weighted by atomic mass is 32.2. The molecule has 120 valence electrons. The number of rotatable bonds is 4. The van der Waals surface area contributed by atoms with Crippen molar-refractivity contribution in [2.45, 2.75) is 25.7 Å². The van der Waals surface area contributed by atoms with E-state index >= 15 is 0 Å². The summed E-state index contributed by atoms with van der Waals surface area (Å²) in [5.41, 5.74) is 2.53. The maximum absolute atomic E-state index is 12.9. The topological polar surface area (TPSA) is 61.2 Å². The highest BCUT2D eigenvalue weighted by Gasteiger charge is 2.23. The van der Waals surface area contributed by atoms with Crippen LogP contribution >= 0.6 is 0 Å². The van der Waals surface area contributed by atoms with Crippen molar-refractivity contribution in [3.05, 3.63) is 53.6 Å². The minimum Gasteiger partial charge on any atom is -0.476 e. The van der Waals surface area contributed by atoms with Crippen LogP contribution in [0.15, 0.2) is 47.4 Å². The van der Waals surface area contributed by atoms with Crippen LogP contribution < -0.4 is 4.74 Å². The Morgan fingerprint density at radius 1 is 1.04 bits per heavy atom. The molecule has 0 aliphatic carbocycles. The molecule has 0 spiro atoms. The van der Waals surface area contributed by atoms with Gasteiger partial charge in [-0.05, 0) is 45.0 Å². The van der Waals surface area contributed by atoms with Gasteiger partial charge in [-0.15, -0.1) is 9.19 Å². The maximum Gasteiger partial charge on any atom is 0.283 e. The molecule has 0 aliphatic rings. The molecule has 0 saturated carbocycles. The van der Waals surface area contributed by atoms with E-state index in [1.165, 1.54) is 0 Å². The van der Waals surface area contributed by atoms with Gasteiger partial charge in [-0.2, -0.15) is 8.42 Å². The number of aryl methyl sites for hydroxylation is 2. The molecule has 0 aliphatic heterocycles. The van der Waals surface area contributed by atoms with E-state index in [0.717, 1.165) is 15.2 Å². The van der Waals surface area contributed by atoms with Crippen molar-refractivity contribution in [3.8, 4) is 5.88 Å². The first-order valence-corrected chi connectivity index (χ1v) is 8.82. The molecule has 0 bridgehead atoms. The third-order valence-corrected chi connectivity index (χ3v) is 5.20. The van der Waals surface area contributed by atoms with Gasteiger partial charge in [-0.1, -0.05) is 29.3 Å². The van der Waals surface area contributed by atoms with Crippen LogP contribution in [0, 0.1) is 13.8 Å². The van der Waals surface area contributed by atoms with Crippen LogP contribution in [-0.2, 0) is 10.0 Å². The number of fused-ring (bicyclic) bond motifs is 1. The summed E-state index contributed by atoms with van der Waals surface area (Å²) in [5.74, 6) is 0.335. The highest BCUT2D eigenvalue weighted by Crippen LogP contribution is 2.29. The number of nitrogens with zero attached hydrogens (tertiary/aromatic N) is 2. The molecule has 0 unspecified atom stereocenters. The molecule has 3 aromatic rings. The zero-order chi connectivity index (χ0) is 16.6. The zero-order valence-corrected chi connectivity index (χ0v) is 14.1. The van der Waals surface area contributed by atoms with Gasteiger partial charge in [-0.25, -0.2) is 0 Å². The minimum absolute atomic E-state index is 0.205. The van der Waals surface area contributed by atoms with E-state index in [1.807, 2.05) is 32.9 Å². The van der Waals surface area contributed by atoms with Crippen molar-refractivity contribution in [1.29, 1.82) is 0 Å². The molecule has 5 nitrogen and oxygen atoms in total. The van der Waals surface area contributed by atoms with Crippen LogP contribution in [0.5, 0.6) is 5.88 Å². The lowest BCUT2D eigenvalue weighted by Crippen LogP contribution is -2.14. The van der Waals surface area contributed by atoms with Crippen LogP contribution in [-0.4, -0.2) is 24.2 Å². The average Bonchev–Trinajstić information content (AvgIpc) is 2.87. The molecule has 1 heterocycles. The second kappa shape index (κ2) is 5.70. The van der Waals surface area contributed by atoms with Crippen LogP contribution in [0.25, 0.3) is 10.9 Å². The van der Waals surface area contributed by atoms with E-state index in [0.29, 0.717) is 23.4 Å². The van der Waals surface area contributed by atoms with Gasteiger partial charge >= 0.3 is 0 Å². The quantitative estimate of drug-likeness (QED) is 0.736. The average molecular weight is 330 g/mol. The van der Waals surface area contributed by atoms with Crippen molar-refractivity contribution >= 4 is 20.9 Å². The molecule has 0 amide bonds. The lowest BCUT2D eigenvalue weighted by molar-refractivity contribution is 0.328. The van der Waals surface area contributed by atoms with E-state index in [1.54, 1.807) is 30.3 Å². The lowest BCUT2D eigenvalue weighted by atomic mass is 10.2. The van der Waals surface area contributed by atoms with Gasteiger partial charge in [0.25, 0.3) is 10.0 Å². The van der Waals surface area contributed by atoms with Crippen LogP contribution in [0.3, 0.4) is 0 Å².